The number of rotatable bonds is 19. The third kappa shape index (κ3) is 12.0. The summed E-state index contributed by atoms with van der Waals surface area (Å²) in [7, 11) is 1.84. The summed E-state index contributed by atoms with van der Waals surface area (Å²) in [6.45, 7) is 10.9. The van der Waals surface area contributed by atoms with Crippen molar-refractivity contribution in [3.63, 3.8) is 0 Å². The molecule has 0 aromatic heterocycles. The normalized spacial score (nSPS) is 26.5. The van der Waals surface area contributed by atoms with E-state index < -0.39 is 39.6 Å². The number of ether oxygens (including phenoxy) is 5. The fourth-order valence-electron chi connectivity index (χ4n) is 3.59. The highest BCUT2D eigenvalue weighted by molar-refractivity contribution is 8.13. The lowest BCUT2D eigenvalue weighted by molar-refractivity contribution is -0.261. The first kappa shape index (κ1) is 30.1. The molecule has 192 valence electrons. The van der Waals surface area contributed by atoms with Crippen molar-refractivity contribution in [2.24, 2.45) is 0 Å². The zero-order chi connectivity index (χ0) is 23.8. The van der Waals surface area contributed by atoms with Gasteiger partial charge in [0.1, 0.15) is 30.5 Å². The van der Waals surface area contributed by atoms with E-state index in [0.29, 0.717) is 33.0 Å². The summed E-state index contributed by atoms with van der Waals surface area (Å²) in [5, 5.41) is 0. The molecular weight excluding hydrogens is 456 g/mol. The van der Waals surface area contributed by atoms with Crippen molar-refractivity contribution in [3.05, 3.63) is 0 Å². The number of halogens is 1. The zero-order valence-corrected chi connectivity index (χ0v) is 22.0. The van der Waals surface area contributed by atoms with E-state index in [2.05, 4.69) is 27.7 Å². The molecule has 0 bridgehead atoms. The van der Waals surface area contributed by atoms with Crippen molar-refractivity contribution < 1.29 is 32.1 Å². The molecule has 1 saturated heterocycles. The van der Waals surface area contributed by atoms with Crippen LogP contribution in [-0.4, -0.2) is 77.7 Å². The van der Waals surface area contributed by atoms with Crippen LogP contribution in [-0.2, 0) is 32.7 Å². The summed E-state index contributed by atoms with van der Waals surface area (Å²) in [6, 6.07) is 0. The molecule has 1 aliphatic rings. The summed E-state index contributed by atoms with van der Waals surface area (Å²) in [4.78, 5) is 0. The van der Waals surface area contributed by atoms with Crippen molar-refractivity contribution in [1.29, 1.82) is 0 Å². The number of hydrogen-bond acceptors (Lipinski definition) is 7. The maximum absolute atomic E-state index is 12.0. The second kappa shape index (κ2) is 17.5. The van der Waals surface area contributed by atoms with Crippen molar-refractivity contribution >= 4 is 19.7 Å². The van der Waals surface area contributed by atoms with Gasteiger partial charge in [0, 0.05) is 37.1 Å². The predicted molar refractivity (Wildman–Crippen MR) is 128 cm³/mol. The zero-order valence-electron chi connectivity index (χ0n) is 20.4. The number of unbranched alkanes of at least 4 members (excludes halogenated alkanes) is 4. The maximum Gasteiger partial charge on any atom is 0.235 e. The summed E-state index contributed by atoms with van der Waals surface area (Å²) < 4.78 is 54.7. The largest absolute Gasteiger partial charge is 0.379 e. The van der Waals surface area contributed by atoms with Gasteiger partial charge in [-0.2, -0.15) is 0 Å². The molecule has 0 amide bonds. The van der Waals surface area contributed by atoms with Gasteiger partial charge in [0.15, 0.2) is 0 Å². The topological polar surface area (TPSA) is 80.3 Å². The standard InChI is InChI=1S/C23H45ClO7S/c1-5-9-13-27-17-19-21(28-14-10-6-2)23(30-16-12-8-4)22(29-15-11-7-3)20(31-19)18-32(24,25)26/h19-23H,5-18H2,1-4H3. The molecule has 32 heavy (non-hydrogen) atoms. The molecule has 0 radical (unpaired) electrons. The Balaban J connectivity index is 3.14. The highest BCUT2D eigenvalue weighted by atomic mass is 35.7. The van der Waals surface area contributed by atoms with Crippen LogP contribution < -0.4 is 0 Å². The van der Waals surface area contributed by atoms with Crippen LogP contribution in [0.1, 0.15) is 79.1 Å². The third-order valence-corrected chi connectivity index (χ3v) is 6.55. The lowest BCUT2D eigenvalue weighted by Crippen LogP contribution is -2.62. The van der Waals surface area contributed by atoms with Crippen molar-refractivity contribution in [2.75, 3.05) is 38.8 Å². The van der Waals surface area contributed by atoms with Crippen LogP contribution in [0, 0.1) is 0 Å². The Kier molecular flexibility index (Phi) is 16.4. The molecule has 0 N–H and O–H groups in total. The molecule has 5 atom stereocenters. The van der Waals surface area contributed by atoms with E-state index in [1.165, 1.54) is 0 Å². The van der Waals surface area contributed by atoms with Crippen LogP contribution >= 0.6 is 10.7 Å². The van der Waals surface area contributed by atoms with Crippen LogP contribution in [0.3, 0.4) is 0 Å². The van der Waals surface area contributed by atoms with E-state index in [1.54, 1.807) is 0 Å². The smallest absolute Gasteiger partial charge is 0.235 e. The average Bonchev–Trinajstić information content (AvgIpc) is 2.73. The first-order chi connectivity index (χ1) is 15.4. The van der Waals surface area contributed by atoms with Crippen LogP contribution in [0.25, 0.3) is 0 Å². The van der Waals surface area contributed by atoms with Gasteiger partial charge >= 0.3 is 0 Å². The summed E-state index contributed by atoms with van der Waals surface area (Å²) in [5.41, 5.74) is 0. The molecule has 9 heteroatoms. The van der Waals surface area contributed by atoms with Crippen molar-refractivity contribution in [2.45, 2.75) is 110 Å². The maximum atomic E-state index is 12.0. The third-order valence-electron chi connectivity index (χ3n) is 5.44. The van der Waals surface area contributed by atoms with Crippen molar-refractivity contribution in [3.8, 4) is 0 Å². The van der Waals surface area contributed by atoms with E-state index in [-0.39, 0.29) is 5.75 Å². The Labute approximate surface area is 200 Å². The SMILES string of the molecule is CCCCOCC1OC(CS(=O)(=O)Cl)C(OCCCC)C(OCCCC)C1OCCCC. The van der Waals surface area contributed by atoms with E-state index >= 15 is 0 Å². The van der Waals surface area contributed by atoms with E-state index in [0.717, 1.165) is 51.4 Å². The predicted octanol–water partition coefficient (Wildman–Crippen LogP) is 4.70. The van der Waals surface area contributed by atoms with E-state index in [1.807, 2.05) is 0 Å². The quantitative estimate of drug-likeness (QED) is 0.188. The molecule has 5 unspecified atom stereocenters. The highest BCUT2D eigenvalue weighted by Gasteiger charge is 2.49. The Morgan fingerprint density at radius 1 is 0.688 bits per heavy atom. The van der Waals surface area contributed by atoms with Gasteiger partial charge in [0.25, 0.3) is 0 Å². The molecule has 0 aromatic carbocycles. The summed E-state index contributed by atoms with van der Waals surface area (Å²) in [6.07, 6.45) is 5.01. The lowest BCUT2D eigenvalue weighted by Gasteiger charge is -2.46. The summed E-state index contributed by atoms with van der Waals surface area (Å²) in [5.74, 6) is -0.341. The molecule has 1 rings (SSSR count). The molecule has 1 aliphatic heterocycles. The minimum atomic E-state index is -3.80. The van der Waals surface area contributed by atoms with Gasteiger partial charge in [-0.25, -0.2) is 8.42 Å². The second-order valence-electron chi connectivity index (χ2n) is 8.41. The van der Waals surface area contributed by atoms with Gasteiger partial charge in [0.05, 0.1) is 12.4 Å². The fourth-order valence-corrected chi connectivity index (χ4v) is 4.62. The highest BCUT2D eigenvalue weighted by Crippen LogP contribution is 2.30. The Morgan fingerprint density at radius 3 is 1.59 bits per heavy atom. The van der Waals surface area contributed by atoms with Gasteiger partial charge in [-0.1, -0.05) is 53.4 Å². The Bertz CT molecular complexity index is 561. The Morgan fingerprint density at radius 2 is 1.12 bits per heavy atom. The van der Waals surface area contributed by atoms with Gasteiger partial charge in [-0.3, -0.25) is 0 Å². The summed E-state index contributed by atoms with van der Waals surface area (Å²) >= 11 is 0. The van der Waals surface area contributed by atoms with Gasteiger partial charge in [-0.15, -0.1) is 0 Å². The van der Waals surface area contributed by atoms with Gasteiger partial charge in [-0.05, 0) is 25.7 Å². The fraction of sp³-hybridized carbons (Fsp3) is 1.00. The van der Waals surface area contributed by atoms with Crippen LogP contribution in [0.4, 0.5) is 0 Å². The molecule has 7 nitrogen and oxygen atoms in total. The number of hydrogen-bond donors (Lipinski definition) is 0. The monoisotopic (exact) mass is 500 g/mol. The molecule has 0 aliphatic carbocycles. The van der Waals surface area contributed by atoms with E-state index in [9.17, 15) is 8.42 Å². The van der Waals surface area contributed by atoms with Gasteiger partial charge < -0.3 is 23.7 Å². The Hall–Kier alpha value is 0.0400. The van der Waals surface area contributed by atoms with Crippen molar-refractivity contribution in [1.82, 2.24) is 0 Å². The van der Waals surface area contributed by atoms with Crippen LogP contribution in [0.15, 0.2) is 0 Å². The minimum absolute atomic E-state index is 0.310. The molecule has 0 aromatic rings. The molecule has 0 spiro atoms. The second-order valence-corrected chi connectivity index (χ2v) is 11.2. The molecule has 1 fully saturated rings. The lowest BCUT2D eigenvalue weighted by atomic mass is 9.94. The molecule has 0 saturated carbocycles. The van der Waals surface area contributed by atoms with E-state index in [4.69, 9.17) is 34.4 Å². The first-order valence-corrected chi connectivity index (χ1v) is 14.9. The molecule has 1 heterocycles. The molecular formula is C23H45ClO7S. The van der Waals surface area contributed by atoms with Crippen LogP contribution in [0.5, 0.6) is 0 Å². The van der Waals surface area contributed by atoms with Crippen LogP contribution in [0.2, 0.25) is 0 Å². The minimum Gasteiger partial charge on any atom is -0.379 e. The first-order valence-electron chi connectivity index (χ1n) is 12.4. The van der Waals surface area contributed by atoms with Gasteiger partial charge in [0.2, 0.25) is 9.05 Å². The average molecular weight is 501 g/mol.